The second-order valence-electron chi connectivity index (χ2n) is 4.32. The van der Waals surface area contributed by atoms with Crippen LogP contribution in [-0.4, -0.2) is 27.3 Å². The molecule has 3 rings (SSSR count). The lowest BCUT2D eigenvalue weighted by atomic mass is 9.96. The Balaban J connectivity index is 1.89. The van der Waals surface area contributed by atoms with Crippen molar-refractivity contribution >= 4 is 27.5 Å². The number of H-pyrrole nitrogens is 1. The first kappa shape index (κ1) is 10.7. The summed E-state index contributed by atoms with van der Waals surface area (Å²) in [6.45, 7) is 0. The smallest absolute Gasteiger partial charge is 0.320 e. The zero-order valence-corrected chi connectivity index (χ0v) is 9.96. The van der Waals surface area contributed by atoms with Gasteiger partial charge in [0.05, 0.1) is 11.7 Å². The van der Waals surface area contributed by atoms with Gasteiger partial charge in [-0.2, -0.15) is 5.10 Å². The first-order chi connectivity index (χ1) is 8.25. The average Bonchev–Trinajstić information content (AvgIpc) is 2.90. The van der Waals surface area contributed by atoms with E-state index in [9.17, 15) is 4.79 Å². The first-order valence-electron chi connectivity index (χ1n) is 5.66. The van der Waals surface area contributed by atoms with Gasteiger partial charge in [-0.15, -0.1) is 11.3 Å². The number of nitrogens with zero attached hydrogens (tertiary/aromatic N) is 1. The van der Waals surface area contributed by atoms with Gasteiger partial charge in [-0.25, -0.2) is 0 Å². The number of piperidine rings is 1. The molecule has 2 aromatic rings. The molecular formula is C11H13N3O2S. The maximum Gasteiger partial charge on any atom is 0.320 e. The topological polar surface area (TPSA) is 78.0 Å². The number of aliphatic carboxylic acids is 1. The molecule has 0 bridgehead atoms. The van der Waals surface area contributed by atoms with Gasteiger partial charge >= 0.3 is 5.97 Å². The molecule has 0 amide bonds. The summed E-state index contributed by atoms with van der Waals surface area (Å²) >= 11 is 1.59. The molecule has 5 nitrogen and oxygen atoms in total. The maximum atomic E-state index is 11.0. The lowest BCUT2D eigenvalue weighted by Gasteiger charge is -2.27. The Hall–Kier alpha value is -1.40. The number of fused-ring (bicyclic) bond motifs is 1. The van der Waals surface area contributed by atoms with Gasteiger partial charge in [0.1, 0.15) is 10.9 Å². The Bertz CT molecular complexity index is 548. The van der Waals surface area contributed by atoms with E-state index in [0.29, 0.717) is 6.42 Å². The van der Waals surface area contributed by atoms with E-state index in [0.717, 1.165) is 28.8 Å². The van der Waals surface area contributed by atoms with Crippen molar-refractivity contribution in [3.63, 3.8) is 0 Å². The van der Waals surface area contributed by atoms with Crippen molar-refractivity contribution in [1.82, 2.24) is 15.5 Å². The molecule has 3 N–H and O–H groups in total. The summed E-state index contributed by atoms with van der Waals surface area (Å²) in [6.07, 6.45) is 2.59. The molecule has 6 heteroatoms. The minimum absolute atomic E-state index is 0.0736. The van der Waals surface area contributed by atoms with E-state index in [-0.39, 0.29) is 6.04 Å². The van der Waals surface area contributed by atoms with Crippen molar-refractivity contribution in [1.29, 1.82) is 0 Å². The lowest BCUT2D eigenvalue weighted by Crippen LogP contribution is -2.42. The highest BCUT2D eigenvalue weighted by Crippen LogP contribution is 2.31. The van der Waals surface area contributed by atoms with E-state index in [4.69, 9.17) is 5.11 Å². The predicted molar refractivity (Wildman–Crippen MR) is 65.1 cm³/mol. The fourth-order valence-corrected chi connectivity index (χ4v) is 3.12. The number of carboxylic acids is 1. The van der Waals surface area contributed by atoms with E-state index in [1.54, 1.807) is 11.3 Å². The Labute approximate surface area is 102 Å². The molecule has 1 saturated heterocycles. The molecule has 1 aliphatic heterocycles. The Morgan fingerprint density at radius 3 is 3.24 bits per heavy atom. The normalized spacial score (nSPS) is 25.2. The molecule has 2 aromatic heterocycles. The minimum atomic E-state index is -0.768. The number of hydrogen-bond donors (Lipinski definition) is 3. The number of thiophene rings is 1. The van der Waals surface area contributed by atoms with Crippen molar-refractivity contribution in [2.24, 2.45) is 0 Å². The van der Waals surface area contributed by atoms with Gasteiger partial charge in [-0.3, -0.25) is 15.2 Å². The fourth-order valence-electron chi connectivity index (χ4n) is 2.39. The van der Waals surface area contributed by atoms with Crippen LogP contribution in [0, 0.1) is 0 Å². The Morgan fingerprint density at radius 1 is 1.53 bits per heavy atom. The summed E-state index contributed by atoms with van der Waals surface area (Å²) < 4.78 is 0. The highest BCUT2D eigenvalue weighted by Gasteiger charge is 2.28. The first-order valence-corrected chi connectivity index (χ1v) is 6.54. The van der Waals surface area contributed by atoms with Crippen molar-refractivity contribution < 1.29 is 9.90 Å². The number of aromatic nitrogens is 2. The SMILES string of the molecule is O=C(O)C1CCCC(c2[nH]nc3sccc23)N1. The number of carboxylic acid groups (broad SMARTS) is 1. The Kier molecular flexibility index (Phi) is 2.60. The molecule has 0 saturated carbocycles. The molecule has 3 heterocycles. The summed E-state index contributed by atoms with van der Waals surface area (Å²) in [4.78, 5) is 12.0. The van der Waals surface area contributed by atoms with Gasteiger partial charge in [-0.1, -0.05) is 0 Å². The number of carbonyl (C=O) groups is 1. The quantitative estimate of drug-likeness (QED) is 0.761. The van der Waals surface area contributed by atoms with Crippen LogP contribution >= 0.6 is 11.3 Å². The molecular weight excluding hydrogens is 238 g/mol. The highest BCUT2D eigenvalue weighted by atomic mass is 32.1. The third-order valence-electron chi connectivity index (χ3n) is 3.25. The second kappa shape index (κ2) is 4.12. The van der Waals surface area contributed by atoms with E-state index < -0.39 is 12.0 Å². The van der Waals surface area contributed by atoms with Gasteiger partial charge in [0, 0.05) is 5.39 Å². The van der Waals surface area contributed by atoms with Crippen LogP contribution in [0.5, 0.6) is 0 Å². The van der Waals surface area contributed by atoms with E-state index >= 15 is 0 Å². The molecule has 90 valence electrons. The summed E-state index contributed by atoms with van der Waals surface area (Å²) in [5, 5.41) is 22.6. The van der Waals surface area contributed by atoms with Crippen molar-refractivity contribution in [2.75, 3.05) is 0 Å². The molecule has 0 radical (unpaired) electrons. The number of aromatic amines is 1. The largest absolute Gasteiger partial charge is 0.480 e. The Morgan fingerprint density at radius 2 is 2.41 bits per heavy atom. The summed E-state index contributed by atoms with van der Waals surface area (Å²) in [6, 6.07) is 1.67. The molecule has 0 spiro atoms. The average molecular weight is 251 g/mol. The molecule has 17 heavy (non-hydrogen) atoms. The van der Waals surface area contributed by atoms with Gasteiger partial charge in [0.25, 0.3) is 0 Å². The third kappa shape index (κ3) is 1.83. The van der Waals surface area contributed by atoms with E-state index in [2.05, 4.69) is 15.5 Å². The number of rotatable bonds is 2. The van der Waals surface area contributed by atoms with Crippen LogP contribution in [0.1, 0.15) is 31.0 Å². The van der Waals surface area contributed by atoms with Crippen LogP contribution in [0.25, 0.3) is 10.2 Å². The zero-order chi connectivity index (χ0) is 11.8. The van der Waals surface area contributed by atoms with Crippen molar-refractivity contribution in [3.05, 3.63) is 17.1 Å². The van der Waals surface area contributed by atoms with Crippen LogP contribution in [0.2, 0.25) is 0 Å². The van der Waals surface area contributed by atoms with Gasteiger partial charge < -0.3 is 5.11 Å². The van der Waals surface area contributed by atoms with Crippen molar-refractivity contribution in [2.45, 2.75) is 31.3 Å². The summed E-state index contributed by atoms with van der Waals surface area (Å²) in [5.41, 5.74) is 1.02. The summed E-state index contributed by atoms with van der Waals surface area (Å²) in [5.74, 6) is -0.768. The van der Waals surface area contributed by atoms with Gasteiger partial charge in [0.15, 0.2) is 0 Å². The van der Waals surface area contributed by atoms with E-state index in [1.807, 2.05) is 11.4 Å². The van der Waals surface area contributed by atoms with Crippen molar-refractivity contribution in [3.8, 4) is 0 Å². The maximum absolute atomic E-state index is 11.0. The second-order valence-corrected chi connectivity index (χ2v) is 5.21. The standard InChI is InChI=1S/C11H13N3O2S/c15-11(16)8-3-1-2-7(12-8)9-6-4-5-17-10(6)14-13-9/h4-5,7-8,12H,1-3H2,(H,13,14)(H,15,16). The third-order valence-corrected chi connectivity index (χ3v) is 4.05. The predicted octanol–water partition coefficient (Wildman–Crippen LogP) is 1.89. The molecule has 2 atom stereocenters. The highest BCUT2D eigenvalue weighted by molar-refractivity contribution is 7.16. The molecule has 2 unspecified atom stereocenters. The van der Waals surface area contributed by atoms with Gasteiger partial charge in [0.2, 0.25) is 0 Å². The minimum Gasteiger partial charge on any atom is -0.480 e. The van der Waals surface area contributed by atoms with Crippen LogP contribution in [-0.2, 0) is 4.79 Å². The van der Waals surface area contributed by atoms with Crippen LogP contribution in [0.3, 0.4) is 0 Å². The molecule has 1 fully saturated rings. The van der Waals surface area contributed by atoms with Crippen LogP contribution in [0.4, 0.5) is 0 Å². The monoisotopic (exact) mass is 251 g/mol. The van der Waals surface area contributed by atoms with Crippen LogP contribution in [0.15, 0.2) is 11.4 Å². The van der Waals surface area contributed by atoms with Crippen LogP contribution < -0.4 is 5.32 Å². The number of nitrogens with one attached hydrogen (secondary N) is 2. The zero-order valence-electron chi connectivity index (χ0n) is 9.14. The molecule has 0 aromatic carbocycles. The lowest BCUT2D eigenvalue weighted by molar-refractivity contribution is -0.140. The molecule has 1 aliphatic rings. The molecule has 0 aliphatic carbocycles. The summed E-state index contributed by atoms with van der Waals surface area (Å²) in [7, 11) is 0. The number of hydrogen-bond acceptors (Lipinski definition) is 4. The van der Waals surface area contributed by atoms with Gasteiger partial charge in [-0.05, 0) is 30.7 Å². The van der Waals surface area contributed by atoms with E-state index in [1.165, 1.54) is 0 Å². The fraction of sp³-hybridized carbons (Fsp3) is 0.455.